The molecule has 0 radical (unpaired) electrons. The summed E-state index contributed by atoms with van der Waals surface area (Å²) in [5, 5.41) is 2.63. The Hall–Kier alpha value is -2.30. The van der Waals surface area contributed by atoms with Gasteiger partial charge in [0.25, 0.3) is 5.91 Å². The number of anilines is 2. The molecule has 0 saturated heterocycles. The summed E-state index contributed by atoms with van der Waals surface area (Å²) in [6.07, 6.45) is 2.55. The largest absolute Gasteiger partial charge is 0.438 e. The lowest BCUT2D eigenvalue weighted by Gasteiger charge is -2.02. The molecule has 0 unspecified atom stereocenters. The normalized spacial score (nSPS) is 9.87. The van der Waals surface area contributed by atoms with E-state index >= 15 is 0 Å². The number of nitrogens with one attached hydrogen (secondary N) is 1. The fourth-order valence-corrected chi connectivity index (χ4v) is 1.14. The lowest BCUT2D eigenvalue weighted by Crippen LogP contribution is -2.10. The van der Waals surface area contributed by atoms with E-state index in [2.05, 4.69) is 10.3 Å². The number of hydrogen-bond donors (Lipinski definition) is 2. The van der Waals surface area contributed by atoms with Crippen molar-refractivity contribution in [2.45, 2.75) is 0 Å². The highest BCUT2D eigenvalue weighted by atomic mass is 16.3. The number of aromatic nitrogens is 1. The minimum Gasteiger partial charge on any atom is -0.438 e. The first-order valence-electron chi connectivity index (χ1n) is 4.31. The number of nitrogens with two attached hydrogens (primary N) is 1. The molecule has 15 heavy (non-hydrogen) atoms. The molecular formula is C10H9N3O2. The van der Waals surface area contributed by atoms with E-state index in [1.54, 1.807) is 24.3 Å². The second-order valence-electron chi connectivity index (χ2n) is 2.95. The zero-order chi connectivity index (χ0) is 10.7. The summed E-state index contributed by atoms with van der Waals surface area (Å²) < 4.78 is 4.84. The zero-order valence-corrected chi connectivity index (χ0v) is 7.81. The predicted octanol–water partition coefficient (Wildman–Crippen LogP) is 1.51. The van der Waals surface area contributed by atoms with Crippen molar-refractivity contribution in [3.8, 4) is 0 Å². The smallest absolute Gasteiger partial charge is 0.293 e. The highest BCUT2D eigenvalue weighted by Crippen LogP contribution is 2.12. The number of carbonyl (C=O) groups excluding carboxylic acids is 1. The molecule has 0 bridgehead atoms. The van der Waals surface area contributed by atoms with E-state index in [-0.39, 0.29) is 11.7 Å². The molecule has 0 atom stereocenters. The van der Waals surface area contributed by atoms with Crippen LogP contribution in [0.4, 0.5) is 11.4 Å². The van der Waals surface area contributed by atoms with Crippen LogP contribution in [0.5, 0.6) is 0 Å². The Bertz CT molecular complexity index is 465. The van der Waals surface area contributed by atoms with Crippen molar-refractivity contribution in [3.05, 3.63) is 42.6 Å². The molecule has 3 N–H and O–H groups in total. The number of carbonyl (C=O) groups is 1. The first kappa shape index (κ1) is 9.26. The minimum atomic E-state index is -0.349. The lowest BCUT2D eigenvalue weighted by molar-refractivity contribution is 0.0996. The van der Waals surface area contributed by atoms with Crippen molar-refractivity contribution < 1.29 is 9.21 Å². The van der Waals surface area contributed by atoms with Crippen molar-refractivity contribution in [2.24, 2.45) is 0 Å². The summed E-state index contributed by atoms with van der Waals surface area (Å²) in [7, 11) is 0. The average Bonchev–Trinajstić information content (AvgIpc) is 2.70. The van der Waals surface area contributed by atoms with Gasteiger partial charge in [-0.05, 0) is 18.2 Å². The third kappa shape index (κ3) is 2.14. The predicted molar refractivity (Wildman–Crippen MR) is 55.3 cm³/mol. The molecule has 0 saturated carbocycles. The van der Waals surface area contributed by atoms with Crippen molar-refractivity contribution in [1.82, 2.24) is 4.98 Å². The number of oxazole rings is 1. The Kier molecular flexibility index (Phi) is 2.37. The fourth-order valence-electron chi connectivity index (χ4n) is 1.14. The second-order valence-corrected chi connectivity index (χ2v) is 2.95. The van der Waals surface area contributed by atoms with Crippen LogP contribution in [-0.4, -0.2) is 10.9 Å². The van der Waals surface area contributed by atoms with Gasteiger partial charge < -0.3 is 15.5 Å². The summed E-state index contributed by atoms with van der Waals surface area (Å²) >= 11 is 0. The molecular weight excluding hydrogens is 194 g/mol. The van der Waals surface area contributed by atoms with Crippen LogP contribution in [0, 0.1) is 0 Å². The molecule has 0 aliphatic heterocycles. The SMILES string of the molecule is Nc1cccc(NC(=O)c2cnco2)c1. The zero-order valence-electron chi connectivity index (χ0n) is 7.81. The Labute approximate surface area is 85.9 Å². The molecule has 1 heterocycles. The third-order valence-corrected chi connectivity index (χ3v) is 1.80. The van der Waals surface area contributed by atoms with Crippen LogP contribution < -0.4 is 11.1 Å². The summed E-state index contributed by atoms with van der Waals surface area (Å²) in [4.78, 5) is 15.2. The molecule has 76 valence electrons. The highest BCUT2D eigenvalue weighted by Gasteiger charge is 2.08. The van der Waals surface area contributed by atoms with Crippen LogP contribution in [-0.2, 0) is 0 Å². The van der Waals surface area contributed by atoms with E-state index in [0.29, 0.717) is 11.4 Å². The molecule has 1 aromatic carbocycles. The average molecular weight is 203 g/mol. The molecule has 1 amide bonds. The van der Waals surface area contributed by atoms with E-state index in [1.165, 1.54) is 12.6 Å². The van der Waals surface area contributed by atoms with Gasteiger partial charge in [0, 0.05) is 11.4 Å². The van der Waals surface area contributed by atoms with Gasteiger partial charge in [-0.1, -0.05) is 6.07 Å². The molecule has 2 aromatic rings. The van der Waals surface area contributed by atoms with E-state index < -0.39 is 0 Å². The summed E-state index contributed by atoms with van der Waals surface area (Å²) in [5.41, 5.74) is 6.78. The van der Waals surface area contributed by atoms with Crippen LogP contribution in [0.2, 0.25) is 0 Å². The van der Waals surface area contributed by atoms with Gasteiger partial charge in [0.1, 0.15) is 0 Å². The molecule has 5 heteroatoms. The van der Waals surface area contributed by atoms with Crippen LogP contribution in [0.3, 0.4) is 0 Å². The van der Waals surface area contributed by atoms with Crippen LogP contribution in [0.25, 0.3) is 0 Å². The Balaban J connectivity index is 2.13. The van der Waals surface area contributed by atoms with Gasteiger partial charge >= 0.3 is 0 Å². The van der Waals surface area contributed by atoms with Crippen molar-refractivity contribution in [2.75, 3.05) is 11.1 Å². The van der Waals surface area contributed by atoms with Gasteiger partial charge in [-0.2, -0.15) is 0 Å². The topological polar surface area (TPSA) is 81.1 Å². The van der Waals surface area contributed by atoms with Gasteiger partial charge in [-0.25, -0.2) is 4.98 Å². The Morgan fingerprint density at radius 1 is 1.47 bits per heavy atom. The number of amides is 1. The van der Waals surface area contributed by atoms with E-state index in [0.717, 1.165) is 0 Å². The first-order valence-corrected chi connectivity index (χ1v) is 4.31. The van der Waals surface area contributed by atoms with Crippen molar-refractivity contribution >= 4 is 17.3 Å². The van der Waals surface area contributed by atoms with E-state index in [4.69, 9.17) is 10.2 Å². The number of benzene rings is 1. The van der Waals surface area contributed by atoms with Crippen LogP contribution >= 0.6 is 0 Å². The van der Waals surface area contributed by atoms with Crippen LogP contribution in [0.1, 0.15) is 10.6 Å². The maximum atomic E-state index is 11.5. The minimum absolute atomic E-state index is 0.164. The fraction of sp³-hybridized carbons (Fsp3) is 0. The number of nitrogen functional groups attached to an aromatic ring is 1. The van der Waals surface area contributed by atoms with Crippen LogP contribution in [0.15, 0.2) is 41.3 Å². The van der Waals surface area contributed by atoms with Gasteiger partial charge in [-0.3, -0.25) is 4.79 Å². The van der Waals surface area contributed by atoms with Gasteiger partial charge in [0.05, 0.1) is 6.20 Å². The van der Waals surface area contributed by atoms with E-state index in [1.807, 2.05) is 0 Å². The molecule has 0 aliphatic carbocycles. The first-order chi connectivity index (χ1) is 7.25. The standard InChI is InChI=1S/C10H9N3O2/c11-7-2-1-3-8(4-7)13-10(14)9-5-12-6-15-9/h1-6H,11H2,(H,13,14). The molecule has 0 spiro atoms. The number of nitrogens with zero attached hydrogens (tertiary/aromatic N) is 1. The number of hydrogen-bond acceptors (Lipinski definition) is 4. The van der Waals surface area contributed by atoms with Gasteiger partial charge in [-0.15, -0.1) is 0 Å². The second kappa shape index (κ2) is 3.83. The third-order valence-electron chi connectivity index (χ3n) is 1.80. The molecule has 0 aliphatic rings. The highest BCUT2D eigenvalue weighted by molar-refractivity contribution is 6.02. The Morgan fingerprint density at radius 3 is 3.00 bits per heavy atom. The maximum Gasteiger partial charge on any atom is 0.293 e. The van der Waals surface area contributed by atoms with Crippen molar-refractivity contribution in [1.29, 1.82) is 0 Å². The quantitative estimate of drug-likeness (QED) is 0.725. The lowest BCUT2D eigenvalue weighted by atomic mass is 10.3. The monoisotopic (exact) mass is 203 g/mol. The molecule has 0 fully saturated rings. The van der Waals surface area contributed by atoms with E-state index in [9.17, 15) is 4.79 Å². The molecule has 2 rings (SSSR count). The van der Waals surface area contributed by atoms with Gasteiger partial charge in [0.15, 0.2) is 6.39 Å². The number of rotatable bonds is 2. The van der Waals surface area contributed by atoms with Gasteiger partial charge in [0.2, 0.25) is 5.76 Å². The molecule has 5 nitrogen and oxygen atoms in total. The van der Waals surface area contributed by atoms with Crippen molar-refractivity contribution in [3.63, 3.8) is 0 Å². The Morgan fingerprint density at radius 2 is 2.33 bits per heavy atom. The molecule has 1 aromatic heterocycles. The maximum absolute atomic E-state index is 11.5. The summed E-state index contributed by atoms with van der Waals surface area (Å²) in [6.45, 7) is 0. The summed E-state index contributed by atoms with van der Waals surface area (Å²) in [6, 6.07) is 6.90. The summed E-state index contributed by atoms with van der Waals surface area (Å²) in [5.74, 6) is -0.185.